The van der Waals surface area contributed by atoms with E-state index in [0.717, 1.165) is 21.8 Å². The highest BCUT2D eigenvalue weighted by Gasteiger charge is 2.53. The molecule has 2 amide bonds. The van der Waals surface area contributed by atoms with Crippen molar-refractivity contribution >= 4 is 62.9 Å². The van der Waals surface area contributed by atoms with E-state index in [9.17, 15) is 19.5 Å². The van der Waals surface area contributed by atoms with Gasteiger partial charge in [-0.2, -0.15) is 9.36 Å². The smallest absolute Gasteiger partial charge is 0.278 e. The van der Waals surface area contributed by atoms with Crippen molar-refractivity contribution in [2.75, 3.05) is 18.6 Å². The number of anilines is 1. The van der Waals surface area contributed by atoms with Crippen LogP contribution in [-0.2, 0) is 25.8 Å². The van der Waals surface area contributed by atoms with E-state index in [1.54, 1.807) is 29.2 Å². The van der Waals surface area contributed by atoms with Gasteiger partial charge < -0.3 is 30.2 Å². The molecule has 0 spiro atoms. The van der Waals surface area contributed by atoms with E-state index in [4.69, 9.17) is 15.0 Å². The molecule has 1 fully saturated rings. The summed E-state index contributed by atoms with van der Waals surface area (Å²) in [5, 5.41) is 18.6. The van der Waals surface area contributed by atoms with E-state index in [0.29, 0.717) is 16.9 Å². The lowest BCUT2D eigenvalue weighted by atomic mass is 10.0. The Morgan fingerprint density at radius 2 is 2.29 bits per heavy atom. The molecule has 3 aromatic rings. The number of amides is 2. The number of fused-ring (bicyclic) bond motifs is 2. The van der Waals surface area contributed by atoms with Crippen molar-refractivity contribution in [1.29, 1.82) is 0 Å². The molecule has 5 heterocycles. The number of nitrogen functional groups attached to an aromatic ring is 1. The quantitative estimate of drug-likeness (QED) is 0.165. The zero-order valence-electron chi connectivity index (χ0n) is 18.0. The lowest BCUT2D eigenvalue weighted by Crippen LogP contribution is -2.71. The standard InChI is InChI=1S/C20H17N7O6S2/c1-32-24-12(15-23-20(21)35-25-15)16(28)22-13-17(29)27-14(19(30)31)10(8-34-18(13)27)7-26-4-2-11-9(6-26)3-5-33-11/h2-6,13,18H,7-8H2,1H3,(H3-,21,22,23,25,28,30,31)/b24-12-/t13?,18-/m1/s1. The van der Waals surface area contributed by atoms with E-state index < -0.39 is 29.2 Å². The van der Waals surface area contributed by atoms with E-state index in [1.807, 2.05) is 6.20 Å². The first kappa shape index (κ1) is 22.8. The third-order valence-corrected chi connectivity index (χ3v) is 7.28. The predicted molar refractivity (Wildman–Crippen MR) is 121 cm³/mol. The Balaban J connectivity index is 1.36. The average molecular weight is 516 g/mol. The summed E-state index contributed by atoms with van der Waals surface area (Å²) in [6.45, 7) is 0.243. The number of aromatic nitrogens is 3. The Bertz CT molecular complexity index is 1410. The number of nitrogens with zero attached hydrogens (tertiary/aromatic N) is 5. The number of carbonyl (C=O) groups excluding carboxylic acids is 3. The van der Waals surface area contributed by atoms with Crippen molar-refractivity contribution in [3.05, 3.63) is 47.9 Å². The minimum Gasteiger partial charge on any atom is -0.543 e. The van der Waals surface area contributed by atoms with Crippen molar-refractivity contribution in [2.24, 2.45) is 5.16 Å². The van der Waals surface area contributed by atoms with Gasteiger partial charge in [-0.3, -0.25) is 14.5 Å². The van der Waals surface area contributed by atoms with Crippen LogP contribution in [0.3, 0.4) is 0 Å². The van der Waals surface area contributed by atoms with Crippen LogP contribution in [0, 0.1) is 0 Å². The fourth-order valence-electron chi connectivity index (χ4n) is 3.89. The van der Waals surface area contributed by atoms with Gasteiger partial charge in [0.25, 0.3) is 11.8 Å². The molecule has 0 bridgehead atoms. The summed E-state index contributed by atoms with van der Waals surface area (Å²) in [6.07, 6.45) is 5.16. The lowest BCUT2D eigenvalue weighted by molar-refractivity contribution is -0.687. The Labute approximate surface area is 205 Å². The number of β-lactam (4-membered cyclic amide) rings is 1. The maximum Gasteiger partial charge on any atom is 0.278 e. The molecule has 1 unspecified atom stereocenters. The van der Waals surface area contributed by atoms with Gasteiger partial charge in [0.2, 0.25) is 11.5 Å². The molecule has 180 valence electrons. The van der Waals surface area contributed by atoms with Gasteiger partial charge in [-0.05, 0) is 6.07 Å². The average Bonchev–Trinajstić information content (AvgIpc) is 3.48. The number of furan rings is 1. The van der Waals surface area contributed by atoms with Crippen LogP contribution in [0.4, 0.5) is 5.13 Å². The normalized spacial score (nSPS) is 20.0. The summed E-state index contributed by atoms with van der Waals surface area (Å²) in [7, 11) is 1.25. The van der Waals surface area contributed by atoms with E-state index in [2.05, 4.69) is 19.8 Å². The second kappa shape index (κ2) is 8.99. The maximum atomic E-state index is 12.9. The molecule has 0 radical (unpaired) electrons. The number of nitrogens with two attached hydrogens (primary N) is 1. The summed E-state index contributed by atoms with van der Waals surface area (Å²) in [6, 6.07) is 2.60. The van der Waals surface area contributed by atoms with E-state index >= 15 is 0 Å². The Kier molecular flexibility index (Phi) is 5.86. The number of rotatable bonds is 7. The number of carbonyl (C=O) groups is 3. The molecule has 0 saturated carbocycles. The lowest BCUT2D eigenvalue weighted by Gasteiger charge is -2.50. The van der Waals surface area contributed by atoms with E-state index in [-0.39, 0.29) is 28.9 Å². The van der Waals surface area contributed by atoms with Crippen LogP contribution in [0.1, 0.15) is 5.82 Å². The molecular formula is C20H17N7O6S2. The number of hydrogen-bond donors (Lipinski definition) is 2. The fourth-order valence-corrected chi connectivity index (χ4v) is 5.66. The van der Waals surface area contributed by atoms with Crippen LogP contribution < -0.4 is 20.7 Å². The number of thioether (sulfide) groups is 1. The van der Waals surface area contributed by atoms with Crippen LogP contribution in [0.2, 0.25) is 0 Å². The summed E-state index contributed by atoms with van der Waals surface area (Å²) < 4.78 is 11.1. The van der Waals surface area contributed by atoms with Gasteiger partial charge in [-0.25, -0.2) is 4.57 Å². The van der Waals surface area contributed by atoms with Crippen molar-refractivity contribution in [3.63, 3.8) is 0 Å². The highest BCUT2D eigenvalue weighted by Crippen LogP contribution is 2.40. The molecule has 2 aliphatic rings. The number of oxime groups is 1. The van der Waals surface area contributed by atoms with Gasteiger partial charge in [0, 0.05) is 28.9 Å². The van der Waals surface area contributed by atoms with Crippen LogP contribution in [0.25, 0.3) is 11.0 Å². The molecular weight excluding hydrogens is 498 g/mol. The maximum absolute atomic E-state index is 12.9. The molecule has 0 aliphatic carbocycles. The number of hydrogen-bond acceptors (Lipinski definition) is 12. The second-order valence-electron chi connectivity index (χ2n) is 7.54. The van der Waals surface area contributed by atoms with Crippen LogP contribution in [0.15, 0.2) is 51.6 Å². The summed E-state index contributed by atoms with van der Waals surface area (Å²) in [5.41, 5.74) is 6.35. The molecule has 5 rings (SSSR count). The number of aliphatic carboxylic acids is 1. The Morgan fingerprint density at radius 1 is 1.46 bits per heavy atom. The molecule has 35 heavy (non-hydrogen) atoms. The molecule has 3 N–H and O–H groups in total. The third-order valence-electron chi connectivity index (χ3n) is 5.40. The Morgan fingerprint density at radius 3 is 3.00 bits per heavy atom. The van der Waals surface area contributed by atoms with Crippen molar-refractivity contribution in [1.82, 2.24) is 19.6 Å². The largest absolute Gasteiger partial charge is 0.543 e. The second-order valence-corrected chi connectivity index (χ2v) is 9.43. The topological polar surface area (TPSA) is 180 Å². The highest BCUT2D eigenvalue weighted by atomic mass is 32.2. The van der Waals surface area contributed by atoms with Gasteiger partial charge in [-0.1, -0.05) is 5.16 Å². The highest BCUT2D eigenvalue weighted by molar-refractivity contribution is 8.00. The number of pyridine rings is 1. The molecule has 15 heteroatoms. The van der Waals surface area contributed by atoms with Gasteiger partial charge in [0.15, 0.2) is 24.1 Å². The van der Waals surface area contributed by atoms with Gasteiger partial charge in [-0.15, -0.1) is 11.8 Å². The summed E-state index contributed by atoms with van der Waals surface area (Å²) in [5.74, 6) is -2.51. The molecule has 0 aromatic carbocycles. The zero-order chi connectivity index (χ0) is 24.7. The molecule has 13 nitrogen and oxygen atoms in total. The van der Waals surface area contributed by atoms with Crippen LogP contribution in [0.5, 0.6) is 0 Å². The minimum absolute atomic E-state index is 0.0454. The van der Waals surface area contributed by atoms with Gasteiger partial charge in [0.1, 0.15) is 24.1 Å². The zero-order valence-corrected chi connectivity index (χ0v) is 19.7. The van der Waals surface area contributed by atoms with Crippen LogP contribution >= 0.6 is 23.3 Å². The number of carboxylic acid groups (broad SMARTS) is 1. The Hall–Kier alpha value is -3.98. The summed E-state index contributed by atoms with van der Waals surface area (Å²) >= 11 is 2.21. The van der Waals surface area contributed by atoms with Crippen molar-refractivity contribution in [2.45, 2.75) is 18.0 Å². The minimum atomic E-state index is -1.46. The fraction of sp³-hybridized carbons (Fsp3) is 0.250. The van der Waals surface area contributed by atoms with Crippen LogP contribution in [-0.4, -0.2) is 62.0 Å². The molecule has 3 aromatic heterocycles. The SMILES string of the molecule is CO/N=C(\C(=O)NC1C(=O)N2C(C(=O)[O-])=C(C[n+]3ccc4occc4c3)CS[C@H]12)c1nsc(N)n1. The first-order valence-electron chi connectivity index (χ1n) is 10.1. The third kappa shape index (κ3) is 4.08. The molecule has 1 saturated heterocycles. The van der Waals surface area contributed by atoms with Crippen molar-refractivity contribution < 1.29 is 33.3 Å². The molecule has 2 atom stereocenters. The van der Waals surface area contributed by atoms with Gasteiger partial charge >= 0.3 is 0 Å². The van der Waals surface area contributed by atoms with Gasteiger partial charge in [0.05, 0.1) is 23.3 Å². The monoisotopic (exact) mass is 515 g/mol. The first-order valence-corrected chi connectivity index (χ1v) is 12.0. The first-order chi connectivity index (χ1) is 16.9. The number of carboxylic acids is 1. The predicted octanol–water partition coefficient (Wildman–Crippen LogP) is -1.39. The molecule has 2 aliphatic heterocycles. The number of nitrogens with one attached hydrogen (secondary N) is 1. The summed E-state index contributed by atoms with van der Waals surface area (Å²) in [4.78, 5) is 47.5. The van der Waals surface area contributed by atoms with E-state index in [1.165, 1.54) is 18.9 Å². The van der Waals surface area contributed by atoms with Crippen molar-refractivity contribution in [3.8, 4) is 0 Å².